The summed E-state index contributed by atoms with van der Waals surface area (Å²) in [4.78, 5) is 68.5. The number of amides is 1. The Kier molecular flexibility index (Phi) is 8.15. The SMILES string of the molecule is COc1ccc(CNCCC#N)cc1-c1ccc(O)c2c1C[C@H]1C[C@H]3[C@H](N(C)C)C(=O)C(C(N)=O)C(=O)[C@@]3(O)C(=O)C1C2=O. The van der Waals surface area contributed by atoms with Crippen molar-refractivity contribution in [2.45, 2.75) is 37.5 Å². The average Bonchev–Trinajstić information content (AvgIpc) is 2.97. The molecule has 0 aliphatic heterocycles. The second-order valence-corrected chi connectivity index (χ2v) is 11.9. The number of likely N-dealkylation sites (N-methyl/N-ethyl adjacent to an activating group) is 1. The van der Waals surface area contributed by atoms with E-state index in [1.54, 1.807) is 26.2 Å². The number of phenolic OH excluding ortho intramolecular Hbond substituents is 1. The highest BCUT2D eigenvalue weighted by Crippen LogP contribution is 2.52. The summed E-state index contributed by atoms with van der Waals surface area (Å²) in [5, 5.41) is 34.7. The van der Waals surface area contributed by atoms with Gasteiger partial charge in [0.1, 0.15) is 11.5 Å². The molecular weight excluding hydrogens is 568 g/mol. The van der Waals surface area contributed by atoms with E-state index in [-0.39, 0.29) is 24.2 Å². The first-order chi connectivity index (χ1) is 20.9. The van der Waals surface area contributed by atoms with Gasteiger partial charge in [-0.05, 0) is 67.7 Å². The van der Waals surface area contributed by atoms with Crippen LogP contribution in [-0.4, -0.2) is 83.5 Å². The molecule has 1 amide bonds. The summed E-state index contributed by atoms with van der Waals surface area (Å²) >= 11 is 0. The highest BCUT2D eigenvalue weighted by atomic mass is 16.5. The van der Waals surface area contributed by atoms with Gasteiger partial charge >= 0.3 is 0 Å². The van der Waals surface area contributed by atoms with E-state index in [9.17, 15) is 34.2 Å². The topological polar surface area (TPSA) is 200 Å². The summed E-state index contributed by atoms with van der Waals surface area (Å²) in [6.07, 6.45) is 0.436. The smallest absolute Gasteiger partial charge is 0.235 e. The molecule has 2 fully saturated rings. The number of nitrogens with one attached hydrogen (secondary N) is 1. The number of nitriles is 1. The fraction of sp³-hybridized carbons (Fsp3) is 0.438. The first kappa shape index (κ1) is 31.0. The summed E-state index contributed by atoms with van der Waals surface area (Å²) in [7, 11) is 4.59. The van der Waals surface area contributed by atoms with Crippen LogP contribution >= 0.6 is 0 Å². The van der Waals surface area contributed by atoms with Gasteiger partial charge in [-0.15, -0.1) is 0 Å². The van der Waals surface area contributed by atoms with Crippen molar-refractivity contribution >= 4 is 29.0 Å². The van der Waals surface area contributed by atoms with Crippen LogP contribution in [0.4, 0.5) is 0 Å². The lowest BCUT2D eigenvalue weighted by Crippen LogP contribution is -2.74. The van der Waals surface area contributed by atoms with Crippen molar-refractivity contribution < 1.29 is 38.9 Å². The number of Topliss-reactive ketones (excluding diaryl/α,β-unsaturated/α-hetero) is 4. The molecule has 2 saturated carbocycles. The minimum atomic E-state index is -2.78. The number of hydrogen-bond acceptors (Lipinski definition) is 11. The molecular formula is C32H34N4O8. The fourth-order valence-corrected chi connectivity index (χ4v) is 7.31. The molecule has 3 aliphatic rings. The molecule has 0 spiro atoms. The number of ether oxygens (including phenoxy) is 1. The molecule has 2 aromatic rings. The Morgan fingerprint density at radius 1 is 1.16 bits per heavy atom. The Morgan fingerprint density at radius 2 is 1.89 bits per heavy atom. The summed E-state index contributed by atoms with van der Waals surface area (Å²) in [5.74, 6) is -10.5. The zero-order valence-corrected chi connectivity index (χ0v) is 24.6. The first-order valence-corrected chi connectivity index (χ1v) is 14.3. The quantitative estimate of drug-likeness (QED) is 0.243. The van der Waals surface area contributed by atoms with Gasteiger partial charge in [0.2, 0.25) is 5.91 Å². The summed E-state index contributed by atoms with van der Waals surface area (Å²) in [5.41, 5.74) is 5.12. The fourth-order valence-electron chi connectivity index (χ4n) is 7.31. The van der Waals surface area contributed by atoms with Crippen molar-refractivity contribution in [3.8, 4) is 28.7 Å². The van der Waals surface area contributed by atoms with E-state index in [1.165, 1.54) is 18.1 Å². The highest BCUT2D eigenvalue weighted by Gasteiger charge is 2.69. The Labute approximate surface area is 253 Å². The average molecular weight is 603 g/mol. The lowest BCUT2D eigenvalue weighted by molar-refractivity contribution is -0.181. The zero-order valence-electron chi connectivity index (χ0n) is 24.6. The number of aromatic hydroxyl groups is 1. The summed E-state index contributed by atoms with van der Waals surface area (Å²) in [6.45, 7) is 0.975. The Bertz CT molecular complexity index is 1630. The van der Waals surface area contributed by atoms with Crippen LogP contribution in [0.3, 0.4) is 0 Å². The van der Waals surface area contributed by atoms with Crippen LogP contribution in [0.1, 0.15) is 34.3 Å². The van der Waals surface area contributed by atoms with Crippen LogP contribution in [0.2, 0.25) is 0 Å². The number of hydrogen-bond donors (Lipinski definition) is 4. The van der Waals surface area contributed by atoms with E-state index in [0.29, 0.717) is 42.0 Å². The van der Waals surface area contributed by atoms with E-state index in [1.807, 2.05) is 12.1 Å². The van der Waals surface area contributed by atoms with Crippen molar-refractivity contribution in [1.29, 1.82) is 5.26 Å². The number of fused-ring (bicyclic) bond motifs is 3. The number of nitrogens with zero attached hydrogens (tertiary/aromatic N) is 2. The van der Waals surface area contributed by atoms with Crippen LogP contribution < -0.4 is 15.8 Å². The number of methoxy groups -OCH3 is 1. The second-order valence-electron chi connectivity index (χ2n) is 11.9. The molecule has 0 heterocycles. The number of phenols is 1. The molecule has 0 bridgehead atoms. The van der Waals surface area contributed by atoms with Crippen molar-refractivity contribution in [3.05, 3.63) is 47.0 Å². The Hall–Kier alpha value is -4.44. The maximum Gasteiger partial charge on any atom is 0.235 e. The molecule has 3 aliphatic carbocycles. The van der Waals surface area contributed by atoms with E-state index in [0.717, 1.165) is 5.56 Å². The predicted octanol–water partition coefficient (Wildman–Crippen LogP) is 0.546. The third-order valence-corrected chi connectivity index (χ3v) is 9.24. The van der Waals surface area contributed by atoms with Crippen LogP contribution in [0.15, 0.2) is 30.3 Å². The number of primary amides is 1. The Balaban J connectivity index is 1.61. The molecule has 2 unspecified atom stereocenters. The highest BCUT2D eigenvalue weighted by molar-refractivity contribution is 6.32. The minimum absolute atomic E-state index is 0.0427. The third-order valence-electron chi connectivity index (χ3n) is 9.24. The number of ketones is 4. The summed E-state index contributed by atoms with van der Waals surface area (Å²) < 4.78 is 5.63. The van der Waals surface area contributed by atoms with E-state index < -0.39 is 64.4 Å². The van der Waals surface area contributed by atoms with E-state index in [2.05, 4.69) is 11.4 Å². The zero-order chi connectivity index (χ0) is 32.1. The minimum Gasteiger partial charge on any atom is -0.507 e. The molecule has 5 N–H and O–H groups in total. The third kappa shape index (κ3) is 4.68. The number of carbonyl (C=O) groups excluding carboxylic acids is 5. The predicted molar refractivity (Wildman–Crippen MR) is 155 cm³/mol. The van der Waals surface area contributed by atoms with E-state index >= 15 is 0 Å². The largest absolute Gasteiger partial charge is 0.507 e. The molecule has 0 radical (unpaired) electrons. The van der Waals surface area contributed by atoms with Gasteiger partial charge in [-0.1, -0.05) is 12.1 Å². The van der Waals surface area contributed by atoms with Gasteiger partial charge in [-0.2, -0.15) is 5.26 Å². The van der Waals surface area contributed by atoms with Crippen molar-refractivity contribution in [3.63, 3.8) is 0 Å². The molecule has 12 heteroatoms. The van der Waals surface area contributed by atoms with Crippen LogP contribution in [0.25, 0.3) is 11.1 Å². The second kappa shape index (κ2) is 11.6. The number of carbonyl (C=O) groups is 5. The van der Waals surface area contributed by atoms with Gasteiger partial charge in [0, 0.05) is 31.0 Å². The van der Waals surface area contributed by atoms with Gasteiger partial charge in [-0.3, -0.25) is 28.9 Å². The maximum atomic E-state index is 14.1. The molecule has 6 atom stereocenters. The van der Waals surface area contributed by atoms with Crippen LogP contribution in [-0.2, 0) is 32.1 Å². The normalized spacial score (nSPS) is 27.8. The monoisotopic (exact) mass is 602 g/mol. The van der Waals surface area contributed by atoms with Crippen molar-refractivity contribution in [2.24, 2.45) is 29.4 Å². The lowest BCUT2D eigenvalue weighted by atomic mass is 9.52. The summed E-state index contributed by atoms with van der Waals surface area (Å²) in [6, 6.07) is 9.46. The van der Waals surface area contributed by atoms with Gasteiger partial charge in [0.15, 0.2) is 34.7 Å². The Morgan fingerprint density at radius 3 is 2.52 bits per heavy atom. The van der Waals surface area contributed by atoms with Crippen LogP contribution in [0, 0.1) is 35.0 Å². The van der Waals surface area contributed by atoms with E-state index in [4.69, 9.17) is 15.7 Å². The molecule has 12 nitrogen and oxygen atoms in total. The first-order valence-electron chi connectivity index (χ1n) is 14.3. The lowest BCUT2D eigenvalue weighted by Gasteiger charge is -2.52. The number of nitrogens with two attached hydrogens (primary N) is 1. The maximum absolute atomic E-state index is 14.1. The van der Waals surface area contributed by atoms with Crippen molar-refractivity contribution in [2.75, 3.05) is 27.7 Å². The van der Waals surface area contributed by atoms with Gasteiger partial charge < -0.3 is 26.0 Å². The van der Waals surface area contributed by atoms with Gasteiger partial charge in [0.05, 0.1) is 30.7 Å². The van der Waals surface area contributed by atoms with Crippen molar-refractivity contribution in [1.82, 2.24) is 10.2 Å². The molecule has 230 valence electrons. The van der Waals surface area contributed by atoms with Crippen LogP contribution in [0.5, 0.6) is 11.5 Å². The number of aliphatic hydroxyl groups is 1. The standard InChI is InChI=1S/C32H34N4O8/c1-36(2)26-20-13-16-12-19-17(18-11-15(5-8-22(18)44-3)14-35-10-4-9-33)6-7-21(37)24(19)27(38)23(16)29(40)32(20,43)30(41)25(28(26)39)31(34)42/h5-8,11,16,20,23,25-26,35,37,43H,4,10,12-14H2,1-3H3,(H2,34,42)/t16-,20-,23?,25?,26-,32-/m0/s1. The molecule has 2 aromatic carbocycles. The molecule has 44 heavy (non-hydrogen) atoms. The molecule has 5 rings (SSSR count). The number of rotatable bonds is 8. The van der Waals surface area contributed by atoms with Gasteiger partial charge in [0.25, 0.3) is 0 Å². The van der Waals surface area contributed by atoms with Gasteiger partial charge in [-0.25, -0.2) is 0 Å². The number of benzene rings is 2. The molecule has 0 saturated heterocycles. The molecule has 0 aromatic heterocycles.